The Morgan fingerprint density at radius 3 is 2.61 bits per heavy atom. The molecule has 1 aromatic carbocycles. The number of hydrogen-bond acceptors (Lipinski definition) is 5. The van der Waals surface area contributed by atoms with Gasteiger partial charge in [-0.25, -0.2) is 9.97 Å². The van der Waals surface area contributed by atoms with Crippen molar-refractivity contribution in [3.8, 4) is 5.75 Å². The van der Waals surface area contributed by atoms with Crippen molar-refractivity contribution in [2.45, 2.75) is 6.42 Å². The Morgan fingerprint density at radius 2 is 1.96 bits per heavy atom. The van der Waals surface area contributed by atoms with Gasteiger partial charge in [0.05, 0.1) is 13.0 Å². The van der Waals surface area contributed by atoms with Crippen LogP contribution in [-0.4, -0.2) is 35.4 Å². The largest absolute Gasteiger partial charge is 0.497 e. The van der Waals surface area contributed by atoms with Crippen molar-refractivity contribution >= 4 is 23.5 Å². The van der Waals surface area contributed by atoms with Crippen LogP contribution >= 0.6 is 0 Å². The maximum Gasteiger partial charge on any atom is 0.232 e. The molecule has 1 aromatic heterocycles. The standard InChI is InChI=1S/C16H16N4O3/c1-23-13-5-3-12(4-6-13)20-10-11(9-14(20)21)15(22)19-16-17-7-2-8-18-16/h2-8,11H,9-10H2,1H3,(H,17,18,19,22). The lowest BCUT2D eigenvalue weighted by atomic mass is 10.1. The van der Waals surface area contributed by atoms with Crippen LogP contribution in [0.2, 0.25) is 0 Å². The number of ether oxygens (including phenoxy) is 1. The molecular formula is C16H16N4O3. The van der Waals surface area contributed by atoms with Gasteiger partial charge in [-0.2, -0.15) is 0 Å². The summed E-state index contributed by atoms with van der Waals surface area (Å²) < 4.78 is 5.10. The zero-order chi connectivity index (χ0) is 16.2. The smallest absolute Gasteiger partial charge is 0.232 e. The highest BCUT2D eigenvalue weighted by Gasteiger charge is 2.35. The number of benzene rings is 1. The molecule has 2 amide bonds. The normalized spacial score (nSPS) is 17.2. The molecule has 0 aliphatic carbocycles. The van der Waals surface area contributed by atoms with E-state index in [0.29, 0.717) is 6.54 Å². The molecule has 1 aliphatic heterocycles. The maximum absolute atomic E-state index is 12.2. The lowest BCUT2D eigenvalue weighted by Crippen LogP contribution is -2.28. The second-order valence-corrected chi connectivity index (χ2v) is 5.17. The highest BCUT2D eigenvalue weighted by Crippen LogP contribution is 2.27. The summed E-state index contributed by atoms with van der Waals surface area (Å²) in [4.78, 5) is 33.9. The van der Waals surface area contributed by atoms with Gasteiger partial charge in [-0.1, -0.05) is 0 Å². The molecule has 0 bridgehead atoms. The van der Waals surface area contributed by atoms with Crippen molar-refractivity contribution in [3.05, 3.63) is 42.7 Å². The Labute approximate surface area is 133 Å². The molecule has 2 heterocycles. The van der Waals surface area contributed by atoms with Crippen molar-refractivity contribution < 1.29 is 14.3 Å². The Hall–Kier alpha value is -2.96. The lowest BCUT2D eigenvalue weighted by molar-refractivity contribution is -0.122. The van der Waals surface area contributed by atoms with Crippen LogP contribution in [0.1, 0.15) is 6.42 Å². The Balaban J connectivity index is 1.67. The maximum atomic E-state index is 12.2. The minimum absolute atomic E-state index is 0.0794. The summed E-state index contributed by atoms with van der Waals surface area (Å²) in [6.45, 7) is 0.337. The van der Waals surface area contributed by atoms with Crippen molar-refractivity contribution in [3.63, 3.8) is 0 Å². The first-order valence-corrected chi connectivity index (χ1v) is 7.19. The SMILES string of the molecule is COc1ccc(N2CC(C(=O)Nc3ncccn3)CC2=O)cc1. The minimum atomic E-state index is -0.423. The van der Waals surface area contributed by atoms with Gasteiger partial charge < -0.3 is 9.64 Å². The molecule has 1 N–H and O–H groups in total. The van der Waals surface area contributed by atoms with Gasteiger partial charge in [-0.05, 0) is 30.3 Å². The molecule has 1 saturated heterocycles. The molecule has 1 unspecified atom stereocenters. The molecule has 1 atom stereocenters. The third-order valence-corrected chi connectivity index (χ3v) is 3.68. The van der Waals surface area contributed by atoms with E-state index in [9.17, 15) is 9.59 Å². The summed E-state index contributed by atoms with van der Waals surface area (Å²) in [5.74, 6) is 0.210. The summed E-state index contributed by atoms with van der Waals surface area (Å²) in [7, 11) is 1.59. The van der Waals surface area contributed by atoms with E-state index >= 15 is 0 Å². The third-order valence-electron chi connectivity index (χ3n) is 3.68. The predicted octanol–water partition coefficient (Wildman–Crippen LogP) is 1.48. The third kappa shape index (κ3) is 3.28. The quantitative estimate of drug-likeness (QED) is 0.924. The fraction of sp³-hybridized carbons (Fsp3) is 0.250. The molecule has 1 aliphatic rings. The molecule has 0 spiro atoms. The highest BCUT2D eigenvalue weighted by atomic mass is 16.5. The molecule has 1 fully saturated rings. The van der Waals surface area contributed by atoms with Gasteiger partial charge in [0.2, 0.25) is 17.8 Å². The van der Waals surface area contributed by atoms with Gasteiger partial charge in [-0.3, -0.25) is 14.9 Å². The summed E-state index contributed by atoms with van der Waals surface area (Å²) in [6, 6.07) is 8.84. The first kappa shape index (κ1) is 15.0. The van der Waals surface area contributed by atoms with E-state index in [1.807, 2.05) is 0 Å². The number of carbonyl (C=O) groups is 2. The molecule has 2 aromatic rings. The van der Waals surface area contributed by atoms with Crippen LogP contribution in [0.4, 0.5) is 11.6 Å². The number of anilines is 2. The number of hydrogen-bond donors (Lipinski definition) is 1. The average Bonchev–Trinajstić information content (AvgIpc) is 2.98. The number of nitrogens with one attached hydrogen (secondary N) is 1. The van der Waals surface area contributed by atoms with Gasteiger partial charge >= 0.3 is 0 Å². The first-order valence-electron chi connectivity index (χ1n) is 7.19. The van der Waals surface area contributed by atoms with E-state index in [2.05, 4.69) is 15.3 Å². The molecular weight excluding hydrogens is 296 g/mol. The van der Waals surface area contributed by atoms with E-state index in [4.69, 9.17) is 4.74 Å². The van der Waals surface area contributed by atoms with E-state index in [1.165, 1.54) is 0 Å². The number of nitrogens with zero attached hydrogens (tertiary/aromatic N) is 3. The van der Waals surface area contributed by atoms with Gasteiger partial charge in [0, 0.05) is 31.0 Å². The van der Waals surface area contributed by atoms with Gasteiger partial charge in [0.15, 0.2) is 0 Å². The van der Waals surface area contributed by atoms with Crippen molar-refractivity contribution in [2.24, 2.45) is 5.92 Å². The van der Waals surface area contributed by atoms with Gasteiger partial charge in [0.1, 0.15) is 5.75 Å². The number of amides is 2. The average molecular weight is 312 g/mol. The zero-order valence-electron chi connectivity index (χ0n) is 12.6. The van der Waals surface area contributed by atoms with E-state index in [0.717, 1.165) is 11.4 Å². The van der Waals surface area contributed by atoms with E-state index < -0.39 is 5.92 Å². The van der Waals surface area contributed by atoms with Crippen LogP contribution in [-0.2, 0) is 9.59 Å². The minimum Gasteiger partial charge on any atom is -0.497 e. The van der Waals surface area contributed by atoms with Crippen LogP contribution in [0.25, 0.3) is 0 Å². The monoisotopic (exact) mass is 312 g/mol. The van der Waals surface area contributed by atoms with Crippen LogP contribution < -0.4 is 15.0 Å². The lowest BCUT2D eigenvalue weighted by Gasteiger charge is -2.17. The molecule has 3 rings (SSSR count). The highest BCUT2D eigenvalue weighted by molar-refractivity contribution is 6.03. The molecule has 23 heavy (non-hydrogen) atoms. The second kappa shape index (κ2) is 6.43. The fourth-order valence-corrected chi connectivity index (χ4v) is 2.47. The van der Waals surface area contributed by atoms with Gasteiger partial charge in [-0.15, -0.1) is 0 Å². The topological polar surface area (TPSA) is 84.4 Å². The van der Waals surface area contributed by atoms with Gasteiger partial charge in [0.25, 0.3) is 0 Å². The van der Waals surface area contributed by atoms with Crippen LogP contribution in [0.3, 0.4) is 0 Å². The van der Waals surface area contributed by atoms with Crippen LogP contribution in [0.15, 0.2) is 42.7 Å². The molecule has 118 valence electrons. The number of aromatic nitrogens is 2. The fourth-order valence-electron chi connectivity index (χ4n) is 2.47. The summed E-state index contributed by atoms with van der Waals surface area (Å²) in [5.41, 5.74) is 0.752. The summed E-state index contributed by atoms with van der Waals surface area (Å²) >= 11 is 0. The predicted molar refractivity (Wildman–Crippen MR) is 84.1 cm³/mol. The molecule has 7 heteroatoms. The second-order valence-electron chi connectivity index (χ2n) is 5.17. The Kier molecular flexibility index (Phi) is 4.18. The zero-order valence-corrected chi connectivity index (χ0v) is 12.6. The van der Waals surface area contributed by atoms with Crippen LogP contribution in [0, 0.1) is 5.92 Å². The van der Waals surface area contributed by atoms with E-state index in [-0.39, 0.29) is 24.2 Å². The van der Waals surface area contributed by atoms with E-state index in [1.54, 1.807) is 54.7 Å². The number of carbonyl (C=O) groups excluding carboxylic acids is 2. The Morgan fingerprint density at radius 1 is 1.26 bits per heavy atom. The molecule has 7 nitrogen and oxygen atoms in total. The molecule has 0 radical (unpaired) electrons. The summed E-state index contributed by atoms with van der Waals surface area (Å²) in [6.07, 6.45) is 3.27. The van der Waals surface area contributed by atoms with Crippen molar-refractivity contribution in [1.82, 2.24) is 9.97 Å². The first-order chi connectivity index (χ1) is 11.2. The summed E-state index contributed by atoms with van der Waals surface area (Å²) in [5, 5.41) is 2.63. The van der Waals surface area contributed by atoms with Crippen molar-refractivity contribution in [1.29, 1.82) is 0 Å². The number of methoxy groups -OCH3 is 1. The number of rotatable bonds is 4. The van der Waals surface area contributed by atoms with Crippen LogP contribution in [0.5, 0.6) is 5.75 Å². The van der Waals surface area contributed by atoms with Crippen molar-refractivity contribution in [2.75, 3.05) is 23.9 Å². The molecule has 0 saturated carbocycles. The Bertz CT molecular complexity index is 703.